The summed E-state index contributed by atoms with van der Waals surface area (Å²) in [4.78, 5) is 21.4. The molecule has 0 atom stereocenters. The molecule has 0 aromatic carbocycles. The molecule has 1 aromatic rings. The first-order valence-corrected chi connectivity index (χ1v) is 6.12. The molecular weight excluding hydrogens is 254 g/mol. The fourth-order valence-electron chi connectivity index (χ4n) is 1.36. The average molecular weight is 272 g/mol. The molecule has 0 fully saturated rings. The Morgan fingerprint density at radius 2 is 2.06 bits per heavy atom. The molecule has 1 heterocycles. The second kappa shape index (κ2) is 5.52. The monoisotopic (exact) mass is 271 g/mol. The predicted molar refractivity (Wildman–Crippen MR) is 71.0 cm³/mol. The smallest absolute Gasteiger partial charge is 0.415 e. The third-order valence-electron chi connectivity index (χ3n) is 2.02. The van der Waals surface area contributed by atoms with Crippen LogP contribution in [0.3, 0.4) is 0 Å². The van der Waals surface area contributed by atoms with E-state index in [4.69, 9.17) is 16.3 Å². The van der Waals surface area contributed by atoms with Crippen LogP contribution in [-0.4, -0.2) is 28.2 Å². The summed E-state index contributed by atoms with van der Waals surface area (Å²) >= 11 is 5.79. The third-order valence-corrected chi connectivity index (χ3v) is 2.19. The van der Waals surface area contributed by atoms with Gasteiger partial charge in [-0.2, -0.15) is 0 Å². The van der Waals surface area contributed by atoms with E-state index in [0.29, 0.717) is 18.1 Å². The van der Waals surface area contributed by atoms with Crippen LogP contribution in [0.25, 0.3) is 0 Å². The van der Waals surface area contributed by atoms with Crippen LogP contribution in [0, 0.1) is 6.92 Å². The summed E-state index contributed by atoms with van der Waals surface area (Å²) in [6.45, 7) is 9.53. The number of carbonyl (C=O) groups is 1. The maximum Gasteiger partial charge on any atom is 0.415 e. The van der Waals surface area contributed by atoms with Gasteiger partial charge in [0.05, 0.1) is 0 Å². The van der Waals surface area contributed by atoms with Crippen molar-refractivity contribution >= 4 is 23.5 Å². The zero-order chi connectivity index (χ0) is 13.9. The summed E-state index contributed by atoms with van der Waals surface area (Å²) in [5.74, 6) is 0.448. The lowest BCUT2D eigenvalue weighted by atomic mass is 10.2. The third kappa shape index (κ3) is 4.14. The summed E-state index contributed by atoms with van der Waals surface area (Å²) in [6, 6.07) is 1.69. The first kappa shape index (κ1) is 14.7. The van der Waals surface area contributed by atoms with Crippen molar-refractivity contribution in [2.24, 2.45) is 0 Å². The van der Waals surface area contributed by atoms with Crippen molar-refractivity contribution in [3.63, 3.8) is 0 Å². The number of carbonyl (C=O) groups excluding carboxylic acids is 1. The van der Waals surface area contributed by atoms with Crippen LogP contribution in [0.5, 0.6) is 0 Å². The van der Waals surface area contributed by atoms with Crippen molar-refractivity contribution in [3.8, 4) is 0 Å². The van der Waals surface area contributed by atoms with Gasteiger partial charge in [0.25, 0.3) is 0 Å². The quantitative estimate of drug-likeness (QED) is 0.775. The van der Waals surface area contributed by atoms with E-state index in [9.17, 15) is 4.79 Å². The van der Waals surface area contributed by atoms with E-state index in [1.165, 1.54) is 4.90 Å². The van der Waals surface area contributed by atoms with E-state index in [0.717, 1.165) is 0 Å². The Bertz CT molecular complexity index is 423. The van der Waals surface area contributed by atoms with E-state index in [1.807, 2.05) is 27.7 Å². The maximum atomic E-state index is 12.0. The van der Waals surface area contributed by atoms with Crippen molar-refractivity contribution in [2.45, 2.75) is 40.2 Å². The van der Waals surface area contributed by atoms with Gasteiger partial charge in [0.15, 0.2) is 0 Å². The molecule has 1 amide bonds. The van der Waals surface area contributed by atoms with Crippen LogP contribution < -0.4 is 4.90 Å². The minimum Gasteiger partial charge on any atom is -0.443 e. The Morgan fingerprint density at radius 3 is 2.50 bits per heavy atom. The molecule has 1 rings (SSSR count). The molecule has 0 spiro atoms. The molecule has 18 heavy (non-hydrogen) atoms. The van der Waals surface area contributed by atoms with Gasteiger partial charge < -0.3 is 4.74 Å². The van der Waals surface area contributed by atoms with Crippen molar-refractivity contribution < 1.29 is 9.53 Å². The summed E-state index contributed by atoms with van der Waals surface area (Å²) in [7, 11) is 0. The van der Waals surface area contributed by atoms with Gasteiger partial charge in [0.1, 0.15) is 11.4 Å². The summed E-state index contributed by atoms with van der Waals surface area (Å²) in [5.41, 5.74) is 0.156. The van der Waals surface area contributed by atoms with Gasteiger partial charge in [0.2, 0.25) is 5.28 Å². The van der Waals surface area contributed by atoms with Crippen molar-refractivity contribution in [1.29, 1.82) is 0 Å². The highest BCUT2D eigenvalue weighted by Gasteiger charge is 2.23. The minimum absolute atomic E-state index is 0.118. The Hall–Kier alpha value is -1.36. The van der Waals surface area contributed by atoms with Crippen LogP contribution in [0.2, 0.25) is 5.28 Å². The first-order valence-electron chi connectivity index (χ1n) is 5.74. The fraction of sp³-hybridized carbons (Fsp3) is 0.583. The molecule has 0 N–H and O–H groups in total. The molecule has 0 aliphatic heterocycles. The Kier molecular flexibility index (Phi) is 4.51. The molecule has 0 saturated carbocycles. The molecule has 100 valence electrons. The second-order valence-electron chi connectivity index (χ2n) is 4.86. The van der Waals surface area contributed by atoms with E-state index in [2.05, 4.69) is 9.97 Å². The zero-order valence-corrected chi connectivity index (χ0v) is 12.1. The Morgan fingerprint density at radius 1 is 1.44 bits per heavy atom. The number of anilines is 1. The van der Waals surface area contributed by atoms with Crippen molar-refractivity contribution in [3.05, 3.63) is 17.0 Å². The van der Waals surface area contributed by atoms with Gasteiger partial charge in [-0.05, 0) is 46.2 Å². The van der Waals surface area contributed by atoms with Gasteiger partial charge in [-0.15, -0.1) is 0 Å². The summed E-state index contributed by atoms with van der Waals surface area (Å²) < 4.78 is 5.31. The van der Waals surface area contributed by atoms with E-state index >= 15 is 0 Å². The molecule has 0 saturated heterocycles. The van der Waals surface area contributed by atoms with Gasteiger partial charge in [0, 0.05) is 18.3 Å². The van der Waals surface area contributed by atoms with Gasteiger partial charge in [-0.3, -0.25) is 4.90 Å². The Balaban J connectivity index is 2.99. The molecule has 0 aliphatic rings. The molecule has 0 radical (unpaired) electrons. The molecule has 6 heteroatoms. The number of amides is 1. The number of hydrogen-bond acceptors (Lipinski definition) is 4. The zero-order valence-electron chi connectivity index (χ0n) is 11.3. The van der Waals surface area contributed by atoms with E-state index < -0.39 is 11.7 Å². The van der Waals surface area contributed by atoms with Crippen LogP contribution in [0.15, 0.2) is 6.07 Å². The lowest BCUT2D eigenvalue weighted by Crippen LogP contribution is -2.37. The van der Waals surface area contributed by atoms with Crippen LogP contribution >= 0.6 is 11.6 Å². The summed E-state index contributed by atoms with van der Waals surface area (Å²) in [5, 5.41) is 0.118. The highest BCUT2D eigenvalue weighted by molar-refractivity contribution is 6.28. The SMILES string of the molecule is CCN(C(=O)OC(C)(C)C)c1cc(C)nc(Cl)n1. The topological polar surface area (TPSA) is 55.3 Å². The standard InChI is InChI=1S/C12H18ClN3O2/c1-6-16(11(17)18-12(3,4)5)9-7-8(2)14-10(13)15-9/h7H,6H2,1-5H3. The lowest BCUT2D eigenvalue weighted by Gasteiger charge is -2.26. The number of aryl methyl sites for hydroxylation is 1. The minimum atomic E-state index is -0.545. The molecule has 1 aromatic heterocycles. The number of nitrogens with zero attached hydrogens (tertiary/aromatic N) is 3. The molecule has 5 nitrogen and oxygen atoms in total. The van der Waals surface area contributed by atoms with Gasteiger partial charge >= 0.3 is 6.09 Å². The fourth-order valence-corrected chi connectivity index (χ4v) is 1.58. The predicted octanol–water partition coefficient (Wildman–Crippen LogP) is 3.20. The molecule has 0 aliphatic carbocycles. The number of hydrogen-bond donors (Lipinski definition) is 0. The van der Waals surface area contributed by atoms with Crippen molar-refractivity contribution in [2.75, 3.05) is 11.4 Å². The second-order valence-corrected chi connectivity index (χ2v) is 5.20. The number of rotatable bonds is 2. The molecular formula is C12H18ClN3O2. The largest absolute Gasteiger partial charge is 0.443 e. The van der Waals surface area contributed by atoms with Crippen LogP contribution in [0.1, 0.15) is 33.4 Å². The summed E-state index contributed by atoms with van der Waals surface area (Å²) in [6.07, 6.45) is -0.445. The lowest BCUT2D eigenvalue weighted by molar-refractivity contribution is 0.0581. The first-order chi connectivity index (χ1) is 8.23. The van der Waals surface area contributed by atoms with Crippen LogP contribution in [-0.2, 0) is 4.74 Å². The van der Waals surface area contributed by atoms with Gasteiger partial charge in [-0.25, -0.2) is 14.8 Å². The average Bonchev–Trinajstić information content (AvgIpc) is 2.13. The highest BCUT2D eigenvalue weighted by atomic mass is 35.5. The van der Waals surface area contributed by atoms with E-state index in [-0.39, 0.29) is 5.28 Å². The number of halogens is 1. The van der Waals surface area contributed by atoms with Crippen LogP contribution in [0.4, 0.5) is 10.6 Å². The molecule has 0 bridgehead atoms. The number of aromatic nitrogens is 2. The normalized spacial score (nSPS) is 11.2. The van der Waals surface area contributed by atoms with Crippen molar-refractivity contribution in [1.82, 2.24) is 9.97 Å². The highest BCUT2D eigenvalue weighted by Crippen LogP contribution is 2.18. The maximum absolute atomic E-state index is 12.0. The Labute approximate surface area is 112 Å². The van der Waals surface area contributed by atoms with E-state index in [1.54, 1.807) is 13.0 Å². The van der Waals surface area contributed by atoms with Gasteiger partial charge in [-0.1, -0.05) is 0 Å². The molecule has 0 unspecified atom stereocenters. The number of ether oxygens (including phenoxy) is 1.